The molecule has 45 fully saturated rings. The van der Waals surface area contributed by atoms with E-state index in [2.05, 4.69) is 25.8 Å². The number of aliphatic carboxylic acids is 6. The first-order valence-corrected chi connectivity index (χ1v) is 43.7. The highest BCUT2D eigenvalue weighted by atomic mass is 17.0. The molecule has 4 unspecified atom stereocenters. The monoisotopic (exact) mass is 1930 g/mol. The van der Waals surface area contributed by atoms with Crippen molar-refractivity contribution in [2.24, 2.45) is 0 Å². The smallest absolute Gasteiger partial charge is 0.356 e. The second kappa shape index (κ2) is 41.0. The number of pyridine rings is 3. The SMILES string of the molecule is C.COC(=O)c1cc(-c2ccc(CN3C4NC3C3OC(O3)C3OC(O3)C3OC(O3)C3OC(O3)C3OC4O3)cc2)cc(-c2cccc(-c3cc(-c4ccc(CN5C6NC5C5OC(O5)C5OC(O5)C5OC(O5)C5OC(O5)C5OC6O5)cc4)cc(C(=O)OC)n3)n2)n1.O=C(O)COc1ccc(NC(=O)CN2CCN(CC(=O)O)CCN(CC(=O)O)CCN(CC(=O)O)CC2)cc1CN(CC(=O)O)CC(=O)O.[HH]. The predicted molar refractivity (Wildman–Crippen MR) is 450 cm³/mol. The first-order chi connectivity index (χ1) is 66.2. The van der Waals surface area contributed by atoms with Gasteiger partial charge in [0.2, 0.25) is 107 Å². The molecule has 45 aliphatic heterocycles. The first kappa shape index (κ1) is 95.9. The number of aromatic nitrogens is 3. The number of rotatable bonds is 28. The number of hydrogen-bond acceptors (Lipinski definition) is 44. The highest BCUT2D eigenvalue weighted by Crippen LogP contribution is 2.47. The molecule has 51 rings (SSSR count). The summed E-state index contributed by atoms with van der Waals surface area (Å²) in [4.78, 5) is 134. The normalized spacial score (nSPS) is 32.3. The zero-order valence-corrected chi connectivity index (χ0v) is 72.7. The standard InChI is InChI=1S/C57H51N7O24.C29H42N6O14.CH4.H2/c1-67-36(65)30-16-24(22-10-6-20(7-11-22)18-63-32-38-69-42(70-38)46-77-50(78-46)54-85-55(86-54)51-79-47(80-51)43-71-39(72-43)33(63)61-32)14-28(59-30)26-4-3-5-27(58-26)29-15-25(17-31(60-29)37(66)68-2)23-12-8-21(9-13-23)19-64-34-40-73-44(74-40)48-81-52(82-48)56-87-57(88-56)53-83-49(84-53)45-75-41(76-45)35(64)62-34;36-23(30-21-1-2-22(49-19-29(47)48)20(11-21)12-35(17-27(43)44)18-28(45)46)13-31-3-5-32(14-24(37)38)7-9-34(16-26(41)42)10-8-33(6-4-31)15-25(39)40;;/h3-17,32-35,38-57,61-62H,18-19H2,1-2H3;1-2,11H,3-10,12-19H2,(H,30,36)(H,37,38)(H,39,40)(H,41,42)(H,43,44)(H,45,46)(H,47,48);1H4;1H. The van der Waals surface area contributed by atoms with Crippen LogP contribution in [0.3, 0.4) is 0 Å². The minimum atomic E-state index is -1.30. The van der Waals surface area contributed by atoms with Gasteiger partial charge in [-0.25, -0.2) is 29.3 Å². The maximum Gasteiger partial charge on any atom is 0.356 e. The van der Waals surface area contributed by atoms with Crippen LogP contribution in [-0.2, 0) is 157 Å². The molecule has 6 aromatic rings. The van der Waals surface area contributed by atoms with E-state index < -0.39 is 199 Å². The van der Waals surface area contributed by atoms with E-state index in [0.29, 0.717) is 47.0 Å². The van der Waals surface area contributed by atoms with Crippen molar-refractivity contribution in [1.82, 2.24) is 59.9 Å². The fourth-order valence-electron chi connectivity index (χ4n) is 17.5. The Hall–Kier alpha value is -11.0. The van der Waals surface area contributed by atoms with E-state index in [0.717, 1.165) is 27.2 Å². The van der Waals surface area contributed by atoms with E-state index in [-0.39, 0.29) is 147 Å². The highest BCUT2D eigenvalue weighted by Gasteiger charge is 2.65. The lowest BCUT2D eigenvalue weighted by molar-refractivity contribution is -0.594. The second-order valence-corrected chi connectivity index (χ2v) is 33.9. The summed E-state index contributed by atoms with van der Waals surface area (Å²) in [7, 11) is 2.59. The van der Waals surface area contributed by atoms with Crippen LogP contribution in [0.4, 0.5) is 5.69 Å². The lowest BCUT2D eigenvalue weighted by atomic mass is 10.0. The summed E-state index contributed by atoms with van der Waals surface area (Å²) in [6.45, 7) is -0.941. The van der Waals surface area contributed by atoms with Gasteiger partial charge < -0.3 is 145 Å². The minimum absolute atomic E-state index is 0. The number of nitrogens with zero attached hydrogens (tertiary/aromatic N) is 10. The van der Waals surface area contributed by atoms with Crippen molar-refractivity contribution in [3.63, 3.8) is 0 Å². The maximum atomic E-state index is 13.3. The molecule has 51 nitrogen and oxygen atoms in total. The zero-order valence-electron chi connectivity index (χ0n) is 72.7. The van der Waals surface area contributed by atoms with Crippen LogP contribution >= 0.6 is 0 Å². The van der Waals surface area contributed by atoms with Gasteiger partial charge in [-0.15, -0.1) is 0 Å². The number of hydrogen-bond donors (Lipinski definition) is 9. The fraction of sp³-hybridized carbons (Fsp3) is 0.517. The van der Waals surface area contributed by atoms with Crippen molar-refractivity contribution >= 4 is 59.3 Å². The van der Waals surface area contributed by atoms with Gasteiger partial charge in [0.15, 0.2) is 31.8 Å². The largest absolute Gasteiger partial charge is 0.482 e. The topological polar surface area (TPSA) is 585 Å². The van der Waals surface area contributed by atoms with E-state index in [1.807, 2.05) is 60.7 Å². The molecule has 45 saturated heterocycles. The number of carboxylic acids is 6. The lowest BCUT2D eigenvalue weighted by Crippen LogP contribution is -2.82. The van der Waals surface area contributed by atoms with Gasteiger partial charge in [-0.05, 0) is 88.0 Å². The summed E-state index contributed by atoms with van der Waals surface area (Å²) in [5, 5.41) is 65.2. The number of carboxylic acid groups (broad SMARTS) is 6. The lowest BCUT2D eigenvalue weighted by Gasteiger charge is -2.61. The molecule has 3 aromatic carbocycles. The number of ether oxygens (including phenoxy) is 23. The number of methoxy groups -OCH3 is 2. The van der Waals surface area contributed by atoms with E-state index >= 15 is 0 Å². The van der Waals surface area contributed by atoms with Crippen molar-refractivity contribution in [2.45, 2.75) is 178 Å². The molecule has 24 bridgehead atoms. The molecule has 138 heavy (non-hydrogen) atoms. The van der Waals surface area contributed by atoms with Gasteiger partial charge in [-0.3, -0.25) is 73.7 Å². The number of nitrogens with one attached hydrogen (secondary N) is 3. The molecule has 9 N–H and O–H groups in total. The molecule has 0 saturated carbocycles. The number of amides is 1. The Labute approximate surface area is 783 Å². The van der Waals surface area contributed by atoms with Crippen LogP contribution in [0.2, 0.25) is 0 Å². The Bertz CT molecular complexity index is 5110. The van der Waals surface area contributed by atoms with Crippen LogP contribution in [0.25, 0.3) is 45.0 Å². The molecule has 3 aromatic heterocycles. The van der Waals surface area contributed by atoms with Gasteiger partial charge in [-0.1, -0.05) is 62.0 Å². The van der Waals surface area contributed by atoms with Crippen LogP contribution in [0.1, 0.15) is 46.5 Å². The number of benzene rings is 3. The molecule has 48 heterocycles. The van der Waals surface area contributed by atoms with Crippen LogP contribution in [0.5, 0.6) is 5.75 Å². The molecule has 4 atom stereocenters. The van der Waals surface area contributed by atoms with Crippen molar-refractivity contribution in [3.05, 3.63) is 137 Å². The van der Waals surface area contributed by atoms with E-state index in [1.165, 1.54) is 32.4 Å². The summed E-state index contributed by atoms with van der Waals surface area (Å²) < 4.78 is 134. The summed E-state index contributed by atoms with van der Waals surface area (Å²) in [5.41, 5.74) is 6.98. The Morgan fingerprint density at radius 2 is 0.681 bits per heavy atom. The maximum absolute atomic E-state index is 13.3. The minimum Gasteiger partial charge on any atom is -0.482 e. The van der Waals surface area contributed by atoms with Crippen molar-refractivity contribution < 1.29 is 184 Å². The van der Waals surface area contributed by atoms with Crippen molar-refractivity contribution in [1.29, 1.82) is 0 Å². The number of carbonyl (C=O) groups excluding carboxylic acids is 3. The molecule has 45 aliphatic rings. The van der Waals surface area contributed by atoms with Crippen LogP contribution in [0.15, 0.2) is 109 Å². The Kier molecular flexibility index (Phi) is 28.5. The van der Waals surface area contributed by atoms with Gasteiger partial charge in [0.25, 0.3) is 0 Å². The molecule has 1 amide bonds. The average Bonchev–Trinajstić information content (AvgIpc) is 0.724. The summed E-state index contributed by atoms with van der Waals surface area (Å²) in [6.07, 6.45) is -16.0. The van der Waals surface area contributed by atoms with Crippen LogP contribution in [0, 0.1) is 0 Å². The summed E-state index contributed by atoms with van der Waals surface area (Å²) in [6, 6.07) is 32.3. The Morgan fingerprint density at radius 1 is 0.370 bits per heavy atom. The van der Waals surface area contributed by atoms with Gasteiger partial charge in [-0.2, -0.15) is 0 Å². The zero-order chi connectivity index (χ0) is 94.7. The molecular weight excluding hydrogens is 1840 g/mol. The predicted octanol–water partition coefficient (Wildman–Crippen LogP) is -0.338. The summed E-state index contributed by atoms with van der Waals surface area (Å²) in [5.74, 6) is -8.91. The molecule has 0 aliphatic carbocycles. The third-order valence-corrected chi connectivity index (χ3v) is 24.5. The van der Waals surface area contributed by atoms with Gasteiger partial charge in [0.05, 0.1) is 76.3 Å². The second-order valence-electron chi connectivity index (χ2n) is 33.9. The Morgan fingerprint density at radius 3 is 0.978 bits per heavy atom. The molecular formula is C87H99N13O38. The quantitative estimate of drug-likeness (QED) is 0.0284. The molecule has 51 heteroatoms. The highest BCUT2D eigenvalue weighted by molar-refractivity contribution is 5.93. The van der Waals surface area contributed by atoms with Gasteiger partial charge >= 0.3 is 47.8 Å². The summed E-state index contributed by atoms with van der Waals surface area (Å²) >= 11 is 0. The van der Waals surface area contributed by atoms with Gasteiger partial charge in [0, 0.05) is 84.7 Å². The average molecular weight is 1930 g/mol. The first-order valence-electron chi connectivity index (χ1n) is 43.7. The van der Waals surface area contributed by atoms with E-state index in [4.69, 9.17) is 129 Å². The third kappa shape index (κ3) is 21.2. The number of anilines is 1. The van der Waals surface area contributed by atoms with Crippen molar-refractivity contribution in [3.8, 4) is 50.8 Å². The van der Waals surface area contributed by atoms with E-state index in [9.17, 15) is 68.7 Å². The third-order valence-electron chi connectivity index (χ3n) is 24.5. The molecule has 0 spiro atoms. The number of carbonyl (C=O) groups is 9. The molecule has 0 radical (unpaired) electrons. The van der Waals surface area contributed by atoms with Crippen LogP contribution in [-0.4, -0.2) is 396 Å². The Balaban J connectivity index is 0.000000216. The van der Waals surface area contributed by atoms with Crippen LogP contribution < -0.4 is 20.7 Å². The van der Waals surface area contributed by atoms with Crippen molar-refractivity contribution in [2.75, 3.05) is 118 Å². The number of esters is 2. The molecule has 740 valence electrons. The fourth-order valence-corrected chi connectivity index (χ4v) is 17.5. The van der Waals surface area contributed by atoms with Gasteiger partial charge in [0.1, 0.15) is 41.8 Å². The van der Waals surface area contributed by atoms with E-state index in [1.54, 1.807) is 49.9 Å².